The fraction of sp³-hybridized carbons (Fsp3) is 0.273. The predicted octanol–water partition coefficient (Wildman–Crippen LogP) is 1.65. The molecule has 0 aromatic heterocycles. The fourth-order valence-corrected chi connectivity index (χ4v) is 1.30. The van der Waals surface area contributed by atoms with Crippen LogP contribution in [0.1, 0.15) is 13.3 Å². The molecule has 1 atom stereocenters. The number of rotatable bonds is 4. The Hall–Kier alpha value is -1.36. The van der Waals surface area contributed by atoms with Crippen molar-refractivity contribution in [3.05, 3.63) is 30.3 Å². The van der Waals surface area contributed by atoms with Gasteiger partial charge in [-0.05, 0) is 18.6 Å². The van der Waals surface area contributed by atoms with Gasteiger partial charge in [0.05, 0.1) is 0 Å². The van der Waals surface area contributed by atoms with Crippen molar-refractivity contribution < 1.29 is 9.59 Å². The average Bonchev–Trinajstić information content (AvgIpc) is 2.28. The number of carbonyl (C=O) groups is 2. The molecule has 16 heavy (non-hydrogen) atoms. The van der Waals surface area contributed by atoms with Crippen molar-refractivity contribution in [1.82, 2.24) is 0 Å². The van der Waals surface area contributed by atoms with Gasteiger partial charge in [-0.25, -0.2) is 0 Å². The van der Waals surface area contributed by atoms with Gasteiger partial charge in [0.2, 0.25) is 5.91 Å². The van der Waals surface area contributed by atoms with Crippen molar-refractivity contribution in [1.29, 1.82) is 0 Å². The number of carbonyl (C=O) groups excluding carboxylic acids is 2. The summed E-state index contributed by atoms with van der Waals surface area (Å²) in [5.74, 6) is -1.14. The Labute approximate surface area is 102 Å². The second kappa shape index (κ2) is 5.12. The van der Waals surface area contributed by atoms with Crippen LogP contribution in [0.5, 0.6) is 0 Å². The number of primary amides is 1. The van der Waals surface area contributed by atoms with Crippen LogP contribution in [0.4, 0.5) is 5.69 Å². The lowest BCUT2D eigenvalue weighted by atomic mass is 10.0. The number of anilines is 1. The molecule has 0 aliphatic carbocycles. The van der Waals surface area contributed by atoms with Crippen molar-refractivity contribution in [2.45, 2.75) is 17.7 Å². The van der Waals surface area contributed by atoms with E-state index in [1.807, 2.05) is 6.07 Å². The van der Waals surface area contributed by atoms with E-state index in [0.29, 0.717) is 12.1 Å². The molecule has 86 valence electrons. The number of amides is 2. The number of nitrogens with two attached hydrogens (primary N) is 1. The van der Waals surface area contributed by atoms with Crippen molar-refractivity contribution in [2.75, 3.05) is 5.32 Å². The van der Waals surface area contributed by atoms with E-state index in [0.717, 1.165) is 0 Å². The second-order valence-corrected chi connectivity index (χ2v) is 4.69. The van der Waals surface area contributed by atoms with Gasteiger partial charge in [0, 0.05) is 5.69 Å². The van der Waals surface area contributed by atoms with Gasteiger partial charge >= 0.3 is 0 Å². The molecular formula is C11H13BrN2O2. The van der Waals surface area contributed by atoms with E-state index in [1.54, 1.807) is 31.2 Å². The van der Waals surface area contributed by atoms with Gasteiger partial charge in [-0.3, -0.25) is 9.59 Å². The number of hydrogen-bond donors (Lipinski definition) is 2. The predicted molar refractivity (Wildman–Crippen MR) is 66.2 cm³/mol. The monoisotopic (exact) mass is 284 g/mol. The number of halogens is 1. The Kier molecular flexibility index (Phi) is 4.06. The third-order valence-corrected chi connectivity index (χ3v) is 3.58. The summed E-state index contributed by atoms with van der Waals surface area (Å²) >= 11 is 3.09. The standard InChI is InChI=1S/C11H13BrN2O2/c1-2-11(12,9(13)15)10(16)14-8-6-4-3-5-7-8/h3-7H,2H2,1H3,(H2,13,15)(H,14,16). The lowest BCUT2D eigenvalue weighted by molar-refractivity contribution is -0.128. The molecule has 2 amide bonds. The van der Waals surface area contributed by atoms with E-state index in [-0.39, 0.29) is 0 Å². The maximum atomic E-state index is 11.8. The van der Waals surface area contributed by atoms with Crippen LogP contribution in [0.2, 0.25) is 0 Å². The minimum atomic E-state index is -1.34. The fourth-order valence-electron chi connectivity index (χ4n) is 1.20. The Morgan fingerprint density at radius 3 is 2.38 bits per heavy atom. The topological polar surface area (TPSA) is 72.2 Å². The zero-order valence-corrected chi connectivity index (χ0v) is 10.5. The lowest BCUT2D eigenvalue weighted by Gasteiger charge is -2.20. The van der Waals surface area contributed by atoms with E-state index in [4.69, 9.17) is 5.73 Å². The molecule has 0 fully saturated rings. The third-order valence-electron chi connectivity index (χ3n) is 2.27. The van der Waals surface area contributed by atoms with Gasteiger partial charge in [0.15, 0.2) is 4.32 Å². The molecule has 5 heteroatoms. The van der Waals surface area contributed by atoms with Crippen LogP contribution in [0.25, 0.3) is 0 Å². The van der Waals surface area contributed by atoms with Crippen molar-refractivity contribution >= 4 is 33.4 Å². The summed E-state index contributed by atoms with van der Waals surface area (Å²) in [4.78, 5) is 23.0. The second-order valence-electron chi connectivity index (χ2n) is 3.34. The SMILES string of the molecule is CCC(Br)(C(N)=O)C(=O)Nc1ccccc1. The summed E-state index contributed by atoms with van der Waals surface area (Å²) in [6.45, 7) is 1.71. The molecule has 4 nitrogen and oxygen atoms in total. The summed E-state index contributed by atoms with van der Waals surface area (Å²) in [6.07, 6.45) is 0.293. The molecule has 0 spiro atoms. The molecule has 0 heterocycles. The zero-order chi connectivity index (χ0) is 12.2. The maximum Gasteiger partial charge on any atom is 0.250 e. The minimum Gasteiger partial charge on any atom is -0.368 e. The third kappa shape index (κ3) is 2.61. The number of nitrogens with one attached hydrogen (secondary N) is 1. The summed E-state index contributed by atoms with van der Waals surface area (Å²) in [5.41, 5.74) is 5.82. The summed E-state index contributed by atoms with van der Waals surface area (Å²) in [6, 6.07) is 8.90. The van der Waals surface area contributed by atoms with Crippen LogP contribution in [-0.2, 0) is 9.59 Å². The van der Waals surface area contributed by atoms with Crippen LogP contribution in [-0.4, -0.2) is 16.1 Å². The molecule has 0 aliphatic heterocycles. The quantitative estimate of drug-likeness (QED) is 0.652. The molecule has 1 aromatic rings. The number of para-hydroxylation sites is 1. The van der Waals surface area contributed by atoms with E-state index >= 15 is 0 Å². The summed E-state index contributed by atoms with van der Waals surface area (Å²) < 4.78 is -1.34. The molecule has 0 saturated heterocycles. The first-order valence-electron chi connectivity index (χ1n) is 4.86. The Morgan fingerprint density at radius 2 is 1.94 bits per heavy atom. The molecule has 1 unspecified atom stereocenters. The lowest BCUT2D eigenvalue weighted by Crippen LogP contribution is -2.47. The first kappa shape index (κ1) is 12.7. The van der Waals surface area contributed by atoms with Crippen LogP contribution in [0, 0.1) is 0 Å². The van der Waals surface area contributed by atoms with Crippen LogP contribution in [0.15, 0.2) is 30.3 Å². The summed E-state index contributed by atoms with van der Waals surface area (Å²) in [7, 11) is 0. The van der Waals surface area contributed by atoms with Crippen LogP contribution in [0.3, 0.4) is 0 Å². The minimum absolute atomic E-state index is 0.293. The molecule has 0 bridgehead atoms. The van der Waals surface area contributed by atoms with Crippen LogP contribution < -0.4 is 11.1 Å². The molecular weight excluding hydrogens is 272 g/mol. The molecule has 0 saturated carbocycles. The normalized spacial score (nSPS) is 13.9. The van der Waals surface area contributed by atoms with E-state index in [9.17, 15) is 9.59 Å². The smallest absolute Gasteiger partial charge is 0.250 e. The number of benzene rings is 1. The molecule has 0 aliphatic rings. The van der Waals surface area contributed by atoms with Crippen molar-refractivity contribution in [2.24, 2.45) is 5.73 Å². The van der Waals surface area contributed by atoms with Gasteiger partial charge in [0.1, 0.15) is 0 Å². The van der Waals surface area contributed by atoms with Gasteiger partial charge < -0.3 is 11.1 Å². The molecule has 3 N–H and O–H groups in total. The van der Waals surface area contributed by atoms with E-state index in [1.165, 1.54) is 0 Å². The van der Waals surface area contributed by atoms with Crippen molar-refractivity contribution in [3.8, 4) is 0 Å². The molecule has 1 aromatic carbocycles. The first-order chi connectivity index (χ1) is 7.50. The van der Waals surface area contributed by atoms with Crippen molar-refractivity contribution in [3.63, 3.8) is 0 Å². The highest BCUT2D eigenvalue weighted by Crippen LogP contribution is 2.24. The largest absolute Gasteiger partial charge is 0.368 e. The number of alkyl halides is 1. The highest BCUT2D eigenvalue weighted by molar-refractivity contribution is 9.10. The van der Waals surface area contributed by atoms with E-state index in [2.05, 4.69) is 21.2 Å². The van der Waals surface area contributed by atoms with Gasteiger partial charge in [-0.2, -0.15) is 0 Å². The Morgan fingerprint density at radius 1 is 1.38 bits per heavy atom. The highest BCUT2D eigenvalue weighted by atomic mass is 79.9. The maximum absolute atomic E-state index is 11.8. The Balaban J connectivity index is 2.83. The molecule has 0 radical (unpaired) electrons. The number of hydrogen-bond acceptors (Lipinski definition) is 2. The average molecular weight is 285 g/mol. The van der Waals surface area contributed by atoms with Gasteiger partial charge in [0.25, 0.3) is 5.91 Å². The molecule has 1 rings (SSSR count). The van der Waals surface area contributed by atoms with Crippen LogP contribution >= 0.6 is 15.9 Å². The van der Waals surface area contributed by atoms with Gasteiger partial charge in [-0.15, -0.1) is 0 Å². The summed E-state index contributed by atoms with van der Waals surface area (Å²) in [5, 5.41) is 2.63. The highest BCUT2D eigenvalue weighted by Gasteiger charge is 2.40. The zero-order valence-electron chi connectivity index (χ0n) is 8.87. The van der Waals surface area contributed by atoms with Gasteiger partial charge in [-0.1, -0.05) is 41.1 Å². The Bertz CT molecular complexity index is 394. The van der Waals surface area contributed by atoms with E-state index < -0.39 is 16.1 Å². The first-order valence-corrected chi connectivity index (χ1v) is 5.65.